The van der Waals surface area contributed by atoms with E-state index in [4.69, 9.17) is 4.74 Å². The van der Waals surface area contributed by atoms with Crippen LogP contribution >= 0.6 is 24.0 Å². The van der Waals surface area contributed by atoms with Gasteiger partial charge in [0.2, 0.25) is 10.0 Å². The topological polar surface area (TPSA) is 83.0 Å². The molecule has 0 radical (unpaired) electrons. The van der Waals surface area contributed by atoms with E-state index >= 15 is 0 Å². The van der Waals surface area contributed by atoms with Crippen molar-refractivity contribution in [1.82, 2.24) is 14.9 Å². The lowest BCUT2D eigenvalue weighted by Gasteiger charge is -2.26. The maximum Gasteiger partial charge on any atom is 0.416 e. The second-order valence-corrected chi connectivity index (χ2v) is 8.29. The van der Waals surface area contributed by atoms with Crippen LogP contribution in [0.4, 0.5) is 13.2 Å². The van der Waals surface area contributed by atoms with Crippen molar-refractivity contribution in [3.05, 3.63) is 35.4 Å². The summed E-state index contributed by atoms with van der Waals surface area (Å²) < 4.78 is 68.7. The molecule has 0 aromatic heterocycles. The third-order valence-electron chi connectivity index (χ3n) is 4.23. The van der Waals surface area contributed by atoms with Gasteiger partial charge in [-0.15, -0.1) is 24.0 Å². The van der Waals surface area contributed by atoms with Gasteiger partial charge >= 0.3 is 6.18 Å². The van der Waals surface area contributed by atoms with E-state index in [-0.39, 0.29) is 36.3 Å². The Bertz CT molecular complexity index is 752. The molecule has 1 heterocycles. The fourth-order valence-corrected chi connectivity index (χ4v) is 3.98. The van der Waals surface area contributed by atoms with Crippen LogP contribution in [-0.4, -0.2) is 70.9 Å². The van der Waals surface area contributed by atoms with E-state index in [0.29, 0.717) is 45.2 Å². The lowest BCUT2D eigenvalue weighted by molar-refractivity contribution is -0.137. The summed E-state index contributed by atoms with van der Waals surface area (Å²) in [4.78, 5) is 4.01. The van der Waals surface area contributed by atoms with Gasteiger partial charge in [0.1, 0.15) is 0 Å². The molecule has 1 fully saturated rings. The Labute approximate surface area is 186 Å². The number of nitrogens with zero attached hydrogens (tertiary/aromatic N) is 2. The Morgan fingerprint density at radius 2 is 1.72 bits per heavy atom. The maximum absolute atomic E-state index is 12.6. The van der Waals surface area contributed by atoms with Crippen molar-refractivity contribution >= 4 is 40.0 Å². The molecule has 166 valence electrons. The fourth-order valence-electron chi connectivity index (χ4n) is 2.66. The fraction of sp³-hybridized carbons (Fsp3) is 0.588. The molecule has 29 heavy (non-hydrogen) atoms. The molecular weight excluding hydrogens is 524 g/mol. The van der Waals surface area contributed by atoms with Crippen LogP contribution in [0.2, 0.25) is 0 Å². The molecule has 2 rings (SSSR count). The van der Waals surface area contributed by atoms with E-state index in [1.165, 1.54) is 16.4 Å². The zero-order chi connectivity index (χ0) is 20.6. The molecule has 0 saturated carbocycles. The van der Waals surface area contributed by atoms with Gasteiger partial charge in [0.05, 0.1) is 24.5 Å². The first kappa shape index (κ1) is 25.9. The van der Waals surface area contributed by atoms with Gasteiger partial charge in [-0.2, -0.15) is 17.5 Å². The highest BCUT2D eigenvalue weighted by Gasteiger charge is 2.29. The lowest BCUT2D eigenvalue weighted by Crippen LogP contribution is -2.45. The Balaban J connectivity index is 0.00000420. The molecule has 1 aliphatic heterocycles. The number of rotatable bonds is 7. The first-order chi connectivity index (χ1) is 13.2. The number of alkyl halides is 3. The molecule has 1 aromatic rings. The van der Waals surface area contributed by atoms with Gasteiger partial charge in [-0.1, -0.05) is 12.1 Å². The largest absolute Gasteiger partial charge is 0.416 e. The quantitative estimate of drug-likeness (QED) is 0.307. The van der Waals surface area contributed by atoms with Crippen LogP contribution < -0.4 is 10.6 Å². The van der Waals surface area contributed by atoms with Gasteiger partial charge in [0.15, 0.2) is 5.96 Å². The van der Waals surface area contributed by atoms with E-state index in [1.54, 1.807) is 7.05 Å². The summed E-state index contributed by atoms with van der Waals surface area (Å²) in [7, 11) is -1.79. The highest BCUT2D eigenvalue weighted by molar-refractivity contribution is 14.0. The monoisotopic (exact) mass is 550 g/mol. The number of aliphatic imine (C=N–C) groups is 1. The summed E-state index contributed by atoms with van der Waals surface area (Å²) in [6, 6.07) is 4.99. The molecule has 0 spiro atoms. The van der Waals surface area contributed by atoms with Crippen molar-refractivity contribution in [2.24, 2.45) is 4.99 Å². The van der Waals surface area contributed by atoms with E-state index < -0.39 is 21.8 Å². The van der Waals surface area contributed by atoms with Crippen molar-refractivity contribution in [3.8, 4) is 0 Å². The van der Waals surface area contributed by atoms with Crippen LogP contribution in [0.5, 0.6) is 0 Å². The number of sulfonamides is 1. The summed E-state index contributed by atoms with van der Waals surface area (Å²) in [5, 5.41) is 5.95. The van der Waals surface area contributed by atoms with E-state index in [1.807, 2.05) is 0 Å². The molecule has 0 unspecified atom stereocenters. The zero-order valence-corrected chi connectivity index (χ0v) is 19.2. The minimum absolute atomic E-state index is 0. The molecule has 0 bridgehead atoms. The summed E-state index contributed by atoms with van der Waals surface area (Å²) in [6.45, 7) is 2.17. The van der Waals surface area contributed by atoms with Crippen LogP contribution in [0, 0.1) is 0 Å². The Kier molecular flexibility index (Phi) is 10.6. The lowest BCUT2D eigenvalue weighted by atomic mass is 10.1. The first-order valence-electron chi connectivity index (χ1n) is 8.88. The standard InChI is InChI=1S/C17H25F3N4O3S.HI/c1-21-16(23-8-13-28(25,26)24-9-11-27-12-10-24)22-7-6-14-2-4-15(5-3-14)17(18,19)20;/h2-5H,6-13H2,1H3,(H2,21,22,23);1H. The third kappa shape index (κ3) is 8.64. The number of halogens is 4. The van der Waals surface area contributed by atoms with Gasteiger partial charge in [0, 0.05) is 33.2 Å². The molecule has 12 heteroatoms. The van der Waals surface area contributed by atoms with Crippen LogP contribution in [0.25, 0.3) is 0 Å². The summed E-state index contributed by atoms with van der Waals surface area (Å²) in [6.07, 6.45) is -3.84. The zero-order valence-electron chi connectivity index (χ0n) is 16.0. The van der Waals surface area contributed by atoms with Crippen molar-refractivity contribution in [3.63, 3.8) is 0 Å². The molecule has 7 nitrogen and oxygen atoms in total. The second kappa shape index (κ2) is 11.9. The van der Waals surface area contributed by atoms with Crippen molar-refractivity contribution in [2.45, 2.75) is 12.6 Å². The summed E-state index contributed by atoms with van der Waals surface area (Å²) >= 11 is 0. The highest BCUT2D eigenvalue weighted by atomic mass is 127. The number of morpholine rings is 1. The number of guanidine groups is 1. The number of ether oxygens (including phenoxy) is 1. The number of nitrogens with one attached hydrogen (secondary N) is 2. The number of hydrogen-bond acceptors (Lipinski definition) is 4. The van der Waals surface area contributed by atoms with Gasteiger partial charge < -0.3 is 15.4 Å². The summed E-state index contributed by atoms with van der Waals surface area (Å²) in [5.74, 6) is 0.371. The van der Waals surface area contributed by atoms with E-state index in [2.05, 4.69) is 15.6 Å². The van der Waals surface area contributed by atoms with Crippen LogP contribution in [-0.2, 0) is 27.4 Å². The molecule has 1 saturated heterocycles. The molecule has 1 aliphatic rings. The minimum atomic E-state index is -4.34. The molecule has 0 aliphatic carbocycles. The summed E-state index contributed by atoms with van der Waals surface area (Å²) in [5.41, 5.74) is 0.0778. The maximum atomic E-state index is 12.6. The predicted molar refractivity (Wildman–Crippen MR) is 116 cm³/mol. The average Bonchev–Trinajstić information content (AvgIpc) is 2.67. The SMILES string of the molecule is CN=C(NCCc1ccc(C(F)(F)F)cc1)NCCS(=O)(=O)N1CCOCC1.I. The van der Waals surface area contributed by atoms with Crippen molar-refractivity contribution < 1.29 is 26.3 Å². The average molecular weight is 550 g/mol. The molecule has 0 atom stereocenters. The normalized spacial score (nSPS) is 16.2. The second-order valence-electron chi connectivity index (χ2n) is 6.20. The van der Waals surface area contributed by atoms with Crippen molar-refractivity contribution in [2.75, 3.05) is 52.2 Å². The number of hydrogen-bond donors (Lipinski definition) is 2. The first-order valence-corrected chi connectivity index (χ1v) is 10.5. The van der Waals surface area contributed by atoms with Crippen molar-refractivity contribution in [1.29, 1.82) is 0 Å². The Morgan fingerprint density at radius 1 is 1.14 bits per heavy atom. The molecule has 1 aromatic carbocycles. The van der Waals surface area contributed by atoms with Gasteiger partial charge in [-0.05, 0) is 24.1 Å². The smallest absolute Gasteiger partial charge is 0.379 e. The van der Waals surface area contributed by atoms with Gasteiger partial charge in [-0.25, -0.2) is 8.42 Å². The van der Waals surface area contributed by atoms with E-state index in [9.17, 15) is 21.6 Å². The predicted octanol–water partition coefficient (Wildman–Crippen LogP) is 1.69. The molecule has 0 amide bonds. The Hall–Kier alpha value is -1.12. The molecule has 2 N–H and O–H groups in total. The van der Waals surface area contributed by atoms with Crippen LogP contribution in [0.3, 0.4) is 0 Å². The minimum Gasteiger partial charge on any atom is -0.379 e. The molecular formula is C17H26F3IN4O3S. The van der Waals surface area contributed by atoms with Gasteiger partial charge in [0.25, 0.3) is 0 Å². The van der Waals surface area contributed by atoms with Crippen LogP contribution in [0.1, 0.15) is 11.1 Å². The third-order valence-corrected chi connectivity index (χ3v) is 6.10. The number of benzene rings is 1. The Morgan fingerprint density at radius 3 is 2.28 bits per heavy atom. The van der Waals surface area contributed by atoms with Crippen LogP contribution in [0.15, 0.2) is 29.3 Å². The van der Waals surface area contributed by atoms with Gasteiger partial charge in [-0.3, -0.25) is 4.99 Å². The highest BCUT2D eigenvalue weighted by Crippen LogP contribution is 2.29. The van der Waals surface area contributed by atoms with E-state index in [0.717, 1.165) is 17.7 Å².